The lowest BCUT2D eigenvalue weighted by atomic mass is 10.0. The van der Waals surface area contributed by atoms with Gasteiger partial charge >= 0.3 is 0 Å². The lowest BCUT2D eigenvalue weighted by molar-refractivity contribution is -0.0734. The molecule has 2 fully saturated rings. The number of ether oxygens (including phenoxy) is 1. The van der Waals surface area contributed by atoms with Crippen molar-refractivity contribution in [3.63, 3.8) is 0 Å². The quantitative estimate of drug-likeness (QED) is 0.466. The molecule has 34 heavy (non-hydrogen) atoms. The van der Waals surface area contributed by atoms with Crippen molar-refractivity contribution in [3.05, 3.63) is 59.2 Å². The summed E-state index contributed by atoms with van der Waals surface area (Å²) in [7, 11) is 4.32. The Hall–Kier alpha value is -2.43. The molecule has 0 saturated carbocycles. The third-order valence-electron chi connectivity index (χ3n) is 7.20. The van der Waals surface area contributed by atoms with Crippen LogP contribution in [0.4, 0.5) is 4.39 Å². The zero-order valence-corrected chi connectivity index (χ0v) is 20.3. The summed E-state index contributed by atoms with van der Waals surface area (Å²) in [5.41, 5.74) is 2.71. The first-order valence-electron chi connectivity index (χ1n) is 11.8. The summed E-state index contributed by atoms with van der Waals surface area (Å²) in [4.78, 5) is 20.5. The Bertz CT molecular complexity index is 1270. The first kappa shape index (κ1) is 22.1. The Morgan fingerprint density at radius 2 is 2.09 bits per heavy atom. The largest absolute Gasteiger partial charge is 0.371 e. The van der Waals surface area contributed by atoms with Crippen molar-refractivity contribution in [3.8, 4) is 0 Å². The molecule has 2 aliphatic heterocycles. The van der Waals surface area contributed by atoms with Crippen LogP contribution in [0.25, 0.3) is 21.1 Å². The monoisotopic (exact) mass is 480 g/mol. The van der Waals surface area contributed by atoms with E-state index in [1.165, 1.54) is 4.88 Å². The van der Waals surface area contributed by atoms with Gasteiger partial charge in [0.05, 0.1) is 29.1 Å². The van der Waals surface area contributed by atoms with E-state index in [9.17, 15) is 4.39 Å². The fraction of sp³-hybridized carbons (Fsp3) is 0.440. The number of H-pyrrole nitrogens is 1. The lowest BCUT2D eigenvalue weighted by Crippen LogP contribution is -2.47. The summed E-state index contributed by atoms with van der Waals surface area (Å²) in [5, 5.41) is 1.02. The molecule has 2 saturated heterocycles. The highest BCUT2D eigenvalue weighted by Crippen LogP contribution is 2.39. The number of rotatable bonds is 5. The highest BCUT2D eigenvalue weighted by molar-refractivity contribution is 7.19. The van der Waals surface area contributed by atoms with E-state index in [0.29, 0.717) is 19.2 Å². The Morgan fingerprint density at radius 1 is 1.21 bits per heavy atom. The number of thiophene rings is 1. The van der Waals surface area contributed by atoms with E-state index in [4.69, 9.17) is 4.74 Å². The number of likely N-dealkylation sites (N-methyl/N-ethyl adjacent to an activating group) is 1. The van der Waals surface area contributed by atoms with Crippen molar-refractivity contribution in [2.75, 3.05) is 46.9 Å². The molecule has 0 bridgehead atoms. The molecular formula is C25H29FN6OS. The standard InChI is InChI=1S/C25H29FN6OS/c1-30(2)17-4-6-31(13-17)25(23-11-21-24(34-23)12-27-15-29-21)32-7-8-33-22(14-32)19-9-16(26)10-20-18(19)3-5-28-20/h3,5,9-12,15,17,22,25,28H,4,6-8,13-14H2,1-2H3. The van der Waals surface area contributed by atoms with Crippen molar-refractivity contribution in [1.82, 2.24) is 29.7 Å². The molecule has 0 aliphatic carbocycles. The van der Waals surface area contributed by atoms with Gasteiger partial charge in [-0.1, -0.05) is 0 Å². The van der Waals surface area contributed by atoms with Crippen LogP contribution in [0.2, 0.25) is 0 Å². The molecule has 0 spiro atoms. The molecule has 2 aliphatic rings. The second kappa shape index (κ2) is 8.98. The van der Waals surface area contributed by atoms with Crippen LogP contribution in [0, 0.1) is 5.82 Å². The highest BCUT2D eigenvalue weighted by Gasteiger charge is 2.37. The van der Waals surface area contributed by atoms with Gasteiger partial charge in [0.15, 0.2) is 0 Å². The number of nitrogens with one attached hydrogen (secondary N) is 1. The van der Waals surface area contributed by atoms with Crippen molar-refractivity contribution in [2.24, 2.45) is 0 Å². The maximum atomic E-state index is 14.4. The van der Waals surface area contributed by atoms with Gasteiger partial charge in [0, 0.05) is 60.4 Å². The van der Waals surface area contributed by atoms with Gasteiger partial charge in [-0.15, -0.1) is 11.3 Å². The first-order valence-corrected chi connectivity index (χ1v) is 12.6. The van der Waals surface area contributed by atoms with Crippen LogP contribution >= 0.6 is 11.3 Å². The predicted molar refractivity (Wildman–Crippen MR) is 132 cm³/mol. The smallest absolute Gasteiger partial charge is 0.125 e. The SMILES string of the molecule is CN(C)C1CCN(C(c2cc3ncncc3s2)N2CCOC(c3cc(F)cc4[nH]ccc34)C2)C1. The molecule has 3 atom stereocenters. The van der Waals surface area contributed by atoms with E-state index in [1.54, 1.807) is 29.8 Å². The summed E-state index contributed by atoms with van der Waals surface area (Å²) in [5.74, 6) is -0.237. The molecule has 5 heterocycles. The van der Waals surface area contributed by atoms with E-state index in [1.807, 2.05) is 18.5 Å². The van der Waals surface area contributed by atoms with Gasteiger partial charge in [0.25, 0.3) is 0 Å². The normalized spacial score (nSPS) is 23.4. The van der Waals surface area contributed by atoms with Gasteiger partial charge in [-0.3, -0.25) is 9.80 Å². The van der Waals surface area contributed by atoms with Crippen LogP contribution in [0.3, 0.4) is 0 Å². The molecule has 6 rings (SSSR count). The molecule has 4 aromatic rings. The minimum atomic E-state index is -0.237. The van der Waals surface area contributed by atoms with Crippen LogP contribution < -0.4 is 0 Å². The van der Waals surface area contributed by atoms with Crippen molar-refractivity contribution < 1.29 is 9.13 Å². The van der Waals surface area contributed by atoms with E-state index >= 15 is 0 Å². The molecule has 178 valence electrons. The fourth-order valence-electron chi connectivity index (χ4n) is 5.44. The minimum absolute atomic E-state index is 0.130. The average Bonchev–Trinajstić information content (AvgIpc) is 3.58. The minimum Gasteiger partial charge on any atom is -0.371 e. The number of hydrogen-bond acceptors (Lipinski definition) is 7. The zero-order valence-electron chi connectivity index (χ0n) is 19.4. The Balaban J connectivity index is 1.35. The zero-order chi connectivity index (χ0) is 23.2. The van der Waals surface area contributed by atoms with E-state index in [-0.39, 0.29) is 18.1 Å². The number of nitrogens with zero attached hydrogens (tertiary/aromatic N) is 5. The third kappa shape index (κ3) is 4.01. The second-order valence-corrected chi connectivity index (χ2v) is 10.6. The Labute approximate surface area is 202 Å². The van der Waals surface area contributed by atoms with E-state index < -0.39 is 0 Å². The van der Waals surface area contributed by atoms with Crippen LogP contribution in [0.1, 0.15) is 29.1 Å². The number of fused-ring (bicyclic) bond motifs is 2. The van der Waals surface area contributed by atoms with Crippen molar-refractivity contribution in [2.45, 2.75) is 24.7 Å². The van der Waals surface area contributed by atoms with Crippen molar-refractivity contribution >= 4 is 32.5 Å². The molecule has 1 N–H and O–H groups in total. The van der Waals surface area contributed by atoms with Gasteiger partial charge < -0.3 is 14.6 Å². The fourth-order valence-corrected chi connectivity index (χ4v) is 6.60. The first-order chi connectivity index (χ1) is 16.6. The molecule has 0 radical (unpaired) electrons. The van der Waals surface area contributed by atoms with Gasteiger partial charge in [0.1, 0.15) is 12.1 Å². The van der Waals surface area contributed by atoms with Crippen molar-refractivity contribution in [1.29, 1.82) is 0 Å². The number of morpholine rings is 1. The molecule has 1 aromatic carbocycles. The van der Waals surface area contributed by atoms with Crippen LogP contribution in [0.5, 0.6) is 0 Å². The average molecular weight is 481 g/mol. The number of likely N-dealkylation sites (tertiary alicyclic amines) is 1. The summed E-state index contributed by atoms with van der Waals surface area (Å²) in [6, 6.07) is 7.94. The van der Waals surface area contributed by atoms with Gasteiger partial charge in [0.2, 0.25) is 0 Å². The van der Waals surface area contributed by atoms with Gasteiger partial charge in [-0.05, 0) is 50.3 Å². The Morgan fingerprint density at radius 3 is 2.91 bits per heavy atom. The number of aromatic nitrogens is 3. The number of aromatic amines is 1. The maximum absolute atomic E-state index is 14.4. The predicted octanol–water partition coefficient (Wildman–Crippen LogP) is 4.02. The molecule has 7 nitrogen and oxygen atoms in total. The lowest BCUT2D eigenvalue weighted by Gasteiger charge is -2.42. The summed E-state index contributed by atoms with van der Waals surface area (Å²) < 4.78 is 21.8. The summed E-state index contributed by atoms with van der Waals surface area (Å²) in [6.07, 6.45) is 6.47. The van der Waals surface area contributed by atoms with Gasteiger partial charge in [-0.2, -0.15) is 0 Å². The van der Waals surface area contributed by atoms with Crippen LogP contribution in [-0.4, -0.2) is 82.6 Å². The number of hydrogen-bond donors (Lipinski definition) is 1. The Kier molecular flexibility index (Phi) is 5.82. The summed E-state index contributed by atoms with van der Waals surface area (Å²) >= 11 is 1.77. The van der Waals surface area contributed by atoms with Crippen LogP contribution in [0.15, 0.2) is 43.0 Å². The second-order valence-electron chi connectivity index (χ2n) is 9.48. The highest BCUT2D eigenvalue weighted by atomic mass is 32.1. The number of benzene rings is 1. The molecule has 3 unspecified atom stereocenters. The van der Waals surface area contributed by atoms with Gasteiger partial charge in [-0.25, -0.2) is 14.4 Å². The van der Waals surface area contributed by atoms with E-state index in [0.717, 1.165) is 52.7 Å². The maximum Gasteiger partial charge on any atom is 0.125 e. The van der Waals surface area contributed by atoms with E-state index in [2.05, 4.69) is 49.8 Å². The number of halogens is 1. The molecule has 3 aromatic heterocycles. The molecular weight excluding hydrogens is 451 g/mol. The third-order valence-corrected chi connectivity index (χ3v) is 8.30. The molecule has 9 heteroatoms. The molecule has 0 amide bonds. The van der Waals surface area contributed by atoms with Crippen LogP contribution in [-0.2, 0) is 4.74 Å². The summed E-state index contributed by atoms with van der Waals surface area (Å²) in [6.45, 7) is 4.20. The topological polar surface area (TPSA) is 60.5 Å².